The predicted molar refractivity (Wildman–Crippen MR) is 86.6 cm³/mol. The summed E-state index contributed by atoms with van der Waals surface area (Å²) in [6.45, 7) is 3.79. The van der Waals surface area contributed by atoms with Crippen LogP contribution in [0.25, 0.3) is 22.8 Å². The number of nitrogens with zero attached hydrogens (tertiary/aromatic N) is 8. The fourth-order valence-corrected chi connectivity index (χ4v) is 1.89. The first kappa shape index (κ1) is 18.6. The van der Waals surface area contributed by atoms with Crippen LogP contribution in [0, 0.1) is 13.8 Å². The summed E-state index contributed by atoms with van der Waals surface area (Å²) in [6.07, 6.45) is 9.88. The summed E-state index contributed by atoms with van der Waals surface area (Å²) in [5, 5.41) is 15.6. The van der Waals surface area contributed by atoms with Crippen molar-refractivity contribution in [3.8, 4) is 22.8 Å². The van der Waals surface area contributed by atoms with E-state index in [0.29, 0.717) is 0 Å². The molecule has 4 aromatic rings. The van der Waals surface area contributed by atoms with Crippen LogP contribution in [0.2, 0.25) is 0 Å². The van der Waals surface area contributed by atoms with E-state index in [9.17, 15) is 0 Å². The van der Waals surface area contributed by atoms with E-state index in [2.05, 4.69) is 40.3 Å². The van der Waals surface area contributed by atoms with E-state index in [1.54, 1.807) is 37.2 Å². The van der Waals surface area contributed by atoms with E-state index >= 15 is 0 Å². The summed E-state index contributed by atoms with van der Waals surface area (Å²) in [4.78, 5) is 16.1. The Kier molecular flexibility index (Phi) is 6.65. The molecule has 0 radical (unpaired) electrons. The number of rotatable bonds is 2. The van der Waals surface area contributed by atoms with Crippen molar-refractivity contribution in [3.63, 3.8) is 0 Å². The largest absolute Gasteiger partial charge is 2.00 e. The minimum absolute atomic E-state index is 0. The average Bonchev–Trinajstić information content (AvgIpc) is 3.26. The third-order valence-corrected chi connectivity index (χ3v) is 2.97. The molecule has 0 amide bonds. The number of aryl methyl sites for hydroxylation is 2. The van der Waals surface area contributed by atoms with E-state index < -0.39 is 0 Å². The fraction of sp³-hybridized carbons (Fsp3) is 0.125. The molecule has 0 fully saturated rings. The van der Waals surface area contributed by atoms with Gasteiger partial charge in [-0.05, 0) is 13.8 Å². The molecular weight excluding hydrogens is 499 g/mol. The molecular formula is C16H14N8Pt. The summed E-state index contributed by atoms with van der Waals surface area (Å²) in [7, 11) is 0. The first-order valence-corrected chi connectivity index (χ1v) is 7.19. The Bertz CT molecular complexity index is 813. The molecule has 0 aromatic carbocycles. The second kappa shape index (κ2) is 8.94. The van der Waals surface area contributed by atoms with Crippen molar-refractivity contribution in [2.24, 2.45) is 0 Å². The third-order valence-electron chi connectivity index (χ3n) is 2.97. The van der Waals surface area contributed by atoms with Gasteiger partial charge in [0.15, 0.2) is 0 Å². The second-order valence-electron chi connectivity index (χ2n) is 4.92. The van der Waals surface area contributed by atoms with Gasteiger partial charge in [0.2, 0.25) is 0 Å². The summed E-state index contributed by atoms with van der Waals surface area (Å²) >= 11 is 0. The molecule has 0 saturated carbocycles. The molecule has 128 valence electrons. The molecule has 0 unspecified atom stereocenters. The van der Waals surface area contributed by atoms with Crippen molar-refractivity contribution in [2.75, 3.05) is 0 Å². The molecule has 4 aromatic heterocycles. The van der Waals surface area contributed by atoms with Gasteiger partial charge in [-0.3, -0.25) is 19.9 Å². The average molecular weight is 513 g/mol. The normalized spacial score (nSPS) is 9.68. The SMILES string of the molecule is Cc1cc(-c2cnccn2)[n-]n1.Cc1cc(-c2cnccn2)[n-]n1.[Pt+2]. The smallest absolute Gasteiger partial charge is 0.573 e. The summed E-state index contributed by atoms with van der Waals surface area (Å²) in [5.74, 6) is 0. The molecule has 4 rings (SSSR count). The van der Waals surface area contributed by atoms with Crippen LogP contribution in [0.15, 0.2) is 49.3 Å². The zero-order chi connectivity index (χ0) is 16.8. The van der Waals surface area contributed by atoms with Crippen LogP contribution in [0.1, 0.15) is 11.4 Å². The standard InChI is InChI=1S/2C8H7N4.Pt/c2*1-6-4-7(12-11-6)8-5-9-2-3-10-8;/h2*2-5H,1H3;/q2*-1;+2. The van der Waals surface area contributed by atoms with E-state index in [0.717, 1.165) is 34.2 Å². The molecule has 0 aliphatic rings. The van der Waals surface area contributed by atoms with Gasteiger partial charge in [-0.2, -0.15) is 0 Å². The maximum Gasteiger partial charge on any atom is 2.00 e. The predicted octanol–water partition coefficient (Wildman–Crippen LogP) is 1.61. The Balaban J connectivity index is 0.000000173. The molecule has 9 heteroatoms. The van der Waals surface area contributed by atoms with E-state index in [4.69, 9.17) is 0 Å². The van der Waals surface area contributed by atoms with Gasteiger partial charge in [0, 0.05) is 36.2 Å². The van der Waals surface area contributed by atoms with Gasteiger partial charge in [-0.15, -0.1) is 0 Å². The van der Waals surface area contributed by atoms with Crippen molar-refractivity contribution in [1.29, 1.82) is 0 Å². The summed E-state index contributed by atoms with van der Waals surface area (Å²) in [6, 6.07) is 3.76. The van der Waals surface area contributed by atoms with Crippen molar-refractivity contribution in [1.82, 2.24) is 40.3 Å². The maximum atomic E-state index is 4.10. The van der Waals surface area contributed by atoms with Crippen LogP contribution in [0.5, 0.6) is 0 Å². The van der Waals surface area contributed by atoms with Gasteiger partial charge < -0.3 is 20.4 Å². The van der Waals surface area contributed by atoms with E-state index in [-0.39, 0.29) is 21.1 Å². The number of aromatic nitrogens is 8. The van der Waals surface area contributed by atoms with Crippen LogP contribution in [-0.4, -0.2) is 30.1 Å². The Morgan fingerprint density at radius 3 is 1.40 bits per heavy atom. The number of hydrogen-bond donors (Lipinski definition) is 0. The van der Waals surface area contributed by atoms with Gasteiger partial charge in [0.1, 0.15) is 0 Å². The summed E-state index contributed by atoms with van der Waals surface area (Å²) in [5.41, 5.74) is 4.88. The quantitative estimate of drug-likeness (QED) is 0.398. The van der Waals surface area contributed by atoms with Gasteiger partial charge in [-0.1, -0.05) is 23.5 Å². The zero-order valence-corrected chi connectivity index (χ0v) is 15.8. The first-order chi connectivity index (χ1) is 11.7. The zero-order valence-electron chi connectivity index (χ0n) is 13.5. The fourth-order valence-electron chi connectivity index (χ4n) is 1.89. The molecule has 0 spiro atoms. The van der Waals surface area contributed by atoms with Crippen molar-refractivity contribution >= 4 is 0 Å². The van der Waals surface area contributed by atoms with Crippen LogP contribution in [-0.2, 0) is 21.1 Å². The molecule has 8 nitrogen and oxygen atoms in total. The molecule has 0 aliphatic heterocycles. The molecule has 0 aliphatic carbocycles. The third kappa shape index (κ3) is 5.12. The van der Waals surface area contributed by atoms with Crippen LogP contribution >= 0.6 is 0 Å². The Morgan fingerprint density at radius 2 is 1.12 bits per heavy atom. The minimum atomic E-state index is 0. The Hall–Kier alpha value is -2.73. The molecule has 4 heterocycles. The number of hydrogen-bond acceptors (Lipinski definition) is 6. The molecule has 0 atom stereocenters. The van der Waals surface area contributed by atoms with Crippen LogP contribution < -0.4 is 10.2 Å². The minimum Gasteiger partial charge on any atom is -0.573 e. The van der Waals surface area contributed by atoms with Gasteiger partial charge in [-0.25, -0.2) is 0 Å². The second-order valence-corrected chi connectivity index (χ2v) is 4.92. The van der Waals surface area contributed by atoms with Gasteiger partial charge in [0.25, 0.3) is 0 Å². The van der Waals surface area contributed by atoms with Crippen molar-refractivity contribution < 1.29 is 21.1 Å². The first-order valence-electron chi connectivity index (χ1n) is 7.19. The monoisotopic (exact) mass is 513 g/mol. The van der Waals surface area contributed by atoms with Crippen LogP contribution in [0.3, 0.4) is 0 Å². The molecule has 0 N–H and O–H groups in total. The topological polar surface area (TPSA) is 106 Å². The molecule has 25 heavy (non-hydrogen) atoms. The summed E-state index contributed by atoms with van der Waals surface area (Å²) < 4.78 is 0. The van der Waals surface area contributed by atoms with Crippen molar-refractivity contribution in [2.45, 2.75) is 13.8 Å². The van der Waals surface area contributed by atoms with E-state index in [1.165, 1.54) is 0 Å². The van der Waals surface area contributed by atoms with Gasteiger partial charge >= 0.3 is 21.1 Å². The maximum absolute atomic E-state index is 4.10. The van der Waals surface area contributed by atoms with Crippen molar-refractivity contribution in [3.05, 3.63) is 60.7 Å². The molecule has 0 bridgehead atoms. The van der Waals surface area contributed by atoms with Crippen LogP contribution in [0.4, 0.5) is 0 Å². The Labute approximate surface area is 158 Å². The van der Waals surface area contributed by atoms with E-state index in [1.807, 2.05) is 26.0 Å². The molecule has 0 saturated heterocycles. The van der Waals surface area contributed by atoms with Gasteiger partial charge in [0.05, 0.1) is 23.8 Å². The Morgan fingerprint density at radius 1 is 0.680 bits per heavy atom.